The van der Waals surface area contributed by atoms with Crippen LogP contribution in [-0.4, -0.2) is 21.8 Å². The number of allylic oxidation sites excluding steroid dienone is 1. The normalized spacial score (nSPS) is 32.3. The number of nitrogens with one attached hydrogen (secondary N) is 1. The molecule has 1 aromatic heterocycles. The summed E-state index contributed by atoms with van der Waals surface area (Å²) in [6.45, 7) is 4.05. The zero-order valence-corrected chi connectivity index (χ0v) is 19.5. The second kappa shape index (κ2) is 8.14. The number of Topliss-reactive ketones (excluding diaryl/α,β-unsaturated/α-hetero) is 1. The number of rotatable bonds is 4. The molecule has 0 bridgehead atoms. The van der Waals surface area contributed by atoms with Crippen molar-refractivity contribution >= 4 is 28.2 Å². The van der Waals surface area contributed by atoms with Crippen molar-refractivity contribution in [3.63, 3.8) is 0 Å². The Kier molecular flexibility index (Phi) is 5.44. The highest BCUT2D eigenvalue weighted by Crippen LogP contribution is 2.63. The summed E-state index contributed by atoms with van der Waals surface area (Å²) in [6.07, 6.45) is 7.61. The number of aliphatic hydroxyl groups excluding tert-OH is 1. The largest absolute Gasteiger partial charge is 0.515 e. The molecule has 5 rings (SSSR count). The van der Waals surface area contributed by atoms with Crippen LogP contribution >= 0.6 is 11.3 Å². The quantitative estimate of drug-likeness (QED) is 0.471. The van der Waals surface area contributed by atoms with Gasteiger partial charge in [-0.3, -0.25) is 9.59 Å². The van der Waals surface area contributed by atoms with Crippen LogP contribution in [0.4, 0.5) is 5.13 Å². The summed E-state index contributed by atoms with van der Waals surface area (Å²) in [7, 11) is 0. The van der Waals surface area contributed by atoms with E-state index in [-0.39, 0.29) is 23.5 Å². The summed E-state index contributed by atoms with van der Waals surface area (Å²) in [5, 5.41) is 13.5. The Morgan fingerprint density at radius 2 is 2.16 bits per heavy atom. The second-order valence-electron chi connectivity index (χ2n) is 9.87. The fourth-order valence-electron chi connectivity index (χ4n) is 6.84. The molecule has 1 amide bonds. The van der Waals surface area contributed by atoms with Crippen molar-refractivity contribution in [2.75, 3.05) is 5.32 Å². The van der Waals surface area contributed by atoms with E-state index in [1.165, 1.54) is 22.5 Å². The van der Waals surface area contributed by atoms with Gasteiger partial charge < -0.3 is 10.4 Å². The van der Waals surface area contributed by atoms with E-state index in [0.717, 1.165) is 36.8 Å². The zero-order chi connectivity index (χ0) is 22.5. The van der Waals surface area contributed by atoms with Gasteiger partial charge in [0.2, 0.25) is 5.91 Å². The number of amides is 1. The third-order valence-electron chi connectivity index (χ3n) is 8.19. The van der Waals surface area contributed by atoms with E-state index in [0.29, 0.717) is 35.4 Å². The zero-order valence-electron chi connectivity index (χ0n) is 18.6. The van der Waals surface area contributed by atoms with Crippen molar-refractivity contribution < 1.29 is 14.7 Å². The number of ketones is 1. The lowest BCUT2D eigenvalue weighted by atomic mass is 9.54. The van der Waals surface area contributed by atoms with Gasteiger partial charge in [0.05, 0.1) is 6.26 Å². The Bertz CT molecular complexity index is 1090. The number of hydrogen-bond acceptors (Lipinski definition) is 5. The van der Waals surface area contributed by atoms with Crippen molar-refractivity contribution in [3.8, 4) is 0 Å². The highest BCUT2D eigenvalue weighted by atomic mass is 32.1. The van der Waals surface area contributed by atoms with Gasteiger partial charge in [-0.2, -0.15) is 0 Å². The molecule has 3 aliphatic rings. The molecule has 1 aromatic carbocycles. The number of aliphatic hydroxyl groups is 1. The Morgan fingerprint density at radius 3 is 2.91 bits per heavy atom. The van der Waals surface area contributed by atoms with Crippen LogP contribution in [0.1, 0.15) is 60.9 Å². The average Bonchev–Trinajstić information content (AvgIpc) is 3.29. The summed E-state index contributed by atoms with van der Waals surface area (Å²) in [5.74, 6) is 0.940. The van der Waals surface area contributed by atoms with Gasteiger partial charge in [-0.05, 0) is 73.8 Å². The Morgan fingerprint density at radius 1 is 1.34 bits per heavy atom. The van der Waals surface area contributed by atoms with E-state index >= 15 is 0 Å². The lowest BCUT2D eigenvalue weighted by Gasteiger charge is -2.49. The van der Waals surface area contributed by atoms with Gasteiger partial charge in [-0.15, -0.1) is 11.3 Å². The lowest BCUT2D eigenvalue weighted by Crippen LogP contribution is -2.44. The van der Waals surface area contributed by atoms with Crippen molar-refractivity contribution in [1.82, 2.24) is 4.98 Å². The average molecular weight is 451 g/mol. The third kappa shape index (κ3) is 3.40. The minimum absolute atomic E-state index is 0.0839. The highest BCUT2D eigenvalue weighted by molar-refractivity contribution is 7.15. The molecule has 2 fully saturated rings. The van der Waals surface area contributed by atoms with Gasteiger partial charge in [-0.25, -0.2) is 4.98 Å². The molecule has 5 atom stereocenters. The smallest absolute Gasteiger partial charge is 0.226 e. The number of nitrogens with zero attached hydrogens (tertiary/aromatic N) is 1. The Balaban J connectivity index is 1.40. The molecule has 0 aliphatic heterocycles. The number of benzene rings is 1. The molecule has 1 heterocycles. The van der Waals surface area contributed by atoms with Gasteiger partial charge in [0.25, 0.3) is 0 Å². The van der Waals surface area contributed by atoms with Gasteiger partial charge in [0.15, 0.2) is 10.9 Å². The SMILES string of the molecule is Cc1cnc(NC(=O)CC[C@@H]2C(=CO)C(=O)[C@@]3(C)CCC4c5ccccc5CCC4C23)s1. The van der Waals surface area contributed by atoms with E-state index in [2.05, 4.69) is 41.5 Å². The number of hydrogen-bond donors (Lipinski definition) is 2. The first-order chi connectivity index (χ1) is 15.4. The van der Waals surface area contributed by atoms with E-state index in [9.17, 15) is 14.7 Å². The van der Waals surface area contributed by atoms with Crippen LogP contribution in [0.2, 0.25) is 0 Å². The lowest BCUT2D eigenvalue weighted by molar-refractivity contribution is -0.127. The summed E-state index contributed by atoms with van der Waals surface area (Å²) < 4.78 is 0. The Hall–Kier alpha value is -2.47. The fourth-order valence-corrected chi connectivity index (χ4v) is 7.52. The van der Waals surface area contributed by atoms with E-state index in [4.69, 9.17) is 0 Å². The molecule has 6 heteroatoms. The van der Waals surface area contributed by atoms with E-state index in [1.54, 1.807) is 6.20 Å². The van der Waals surface area contributed by atoms with Gasteiger partial charge >= 0.3 is 0 Å². The van der Waals surface area contributed by atoms with Gasteiger partial charge in [0.1, 0.15) is 0 Å². The van der Waals surface area contributed by atoms with Crippen LogP contribution < -0.4 is 5.32 Å². The summed E-state index contributed by atoms with van der Waals surface area (Å²) in [5.41, 5.74) is 2.95. The molecule has 2 aromatic rings. The predicted molar refractivity (Wildman–Crippen MR) is 126 cm³/mol. The maximum absolute atomic E-state index is 13.4. The minimum atomic E-state index is -0.449. The molecule has 3 unspecified atom stereocenters. The number of thiazole rings is 1. The molecule has 0 radical (unpaired) electrons. The van der Waals surface area contributed by atoms with Crippen LogP contribution in [-0.2, 0) is 16.0 Å². The van der Waals surface area contributed by atoms with Crippen LogP contribution in [0.5, 0.6) is 0 Å². The highest BCUT2D eigenvalue weighted by Gasteiger charge is 2.60. The molecule has 5 nitrogen and oxygen atoms in total. The monoisotopic (exact) mass is 450 g/mol. The maximum Gasteiger partial charge on any atom is 0.226 e. The first-order valence-electron chi connectivity index (χ1n) is 11.6. The molecule has 0 spiro atoms. The number of fused-ring (bicyclic) bond motifs is 5. The van der Waals surface area contributed by atoms with Crippen molar-refractivity contribution in [2.45, 2.75) is 58.3 Å². The number of aryl methyl sites for hydroxylation is 2. The van der Waals surface area contributed by atoms with Gasteiger partial charge in [0, 0.05) is 28.5 Å². The number of anilines is 1. The van der Waals surface area contributed by atoms with Crippen molar-refractivity contribution in [3.05, 3.63) is 58.3 Å². The minimum Gasteiger partial charge on any atom is -0.515 e. The molecule has 2 N–H and O–H groups in total. The third-order valence-corrected chi connectivity index (χ3v) is 9.02. The molecule has 168 valence electrons. The number of carbonyl (C=O) groups is 2. The standard InChI is InChI=1S/C26H30N2O3S/c1-15-13-27-25(32-15)28-22(30)10-9-20-21(14-29)24(31)26(2)12-11-18-17-6-4-3-5-16(17)7-8-19(18)23(20)26/h3-6,13-14,18-20,23,29H,7-12H2,1-2H3,(H,27,28,30)/t18?,19?,20-,23?,26+/m1/s1. The summed E-state index contributed by atoms with van der Waals surface area (Å²) >= 11 is 1.46. The van der Waals surface area contributed by atoms with E-state index in [1.807, 2.05) is 6.92 Å². The second-order valence-corrected chi connectivity index (χ2v) is 11.1. The molecule has 2 saturated carbocycles. The van der Waals surface area contributed by atoms with Gasteiger partial charge in [-0.1, -0.05) is 31.2 Å². The molecule has 3 aliphatic carbocycles. The van der Waals surface area contributed by atoms with Crippen LogP contribution in [0, 0.1) is 30.1 Å². The number of carbonyl (C=O) groups excluding carboxylic acids is 2. The van der Waals surface area contributed by atoms with Crippen LogP contribution in [0.25, 0.3) is 0 Å². The van der Waals surface area contributed by atoms with Crippen LogP contribution in [0.3, 0.4) is 0 Å². The molecular weight excluding hydrogens is 420 g/mol. The first-order valence-corrected chi connectivity index (χ1v) is 12.4. The van der Waals surface area contributed by atoms with Crippen molar-refractivity contribution in [1.29, 1.82) is 0 Å². The summed E-state index contributed by atoms with van der Waals surface area (Å²) in [4.78, 5) is 31.3. The topological polar surface area (TPSA) is 79.3 Å². The number of aromatic nitrogens is 1. The molecule has 0 saturated heterocycles. The van der Waals surface area contributed by atoms with E-state index < -0.39 is 5.41 Å². The summed E-state index contributed by atoms with van der Waals surface area (Å²) in [6, 6.07) is 8.73. The predicted octanol–water partition coefficient (Wildman–Crippen LogP) is 5.57. The van der Waals surface area contributed by atoms with Crippen molar-refractivity contribution in [2.24, 2.45) is 23.2 Å². The maximum atomic E-state index is 13.4. The molecular formula is C26H30N2O3S. The van der Waals surface area contributed by atoms with Crippen LogP contribution in [0.15, 0.2) is 42.3 Å². The fraction of sp³-hybridized carbons (Fsp3) is 0.500. The molecule has 32 heavy (non-hydrogen) atoms. The Labute approximate surface area is 193 Å². The first kappa shape index (κ1) is 21.4.